The molecule has 0 aliphatic carbocycles. The Morgan fingerprint density at radius 3 is 2.39 bits per heavy atom. The first-order valence-corrected chi connectivity index (χ1v) is 7.62. The number of hydrogen-bond acceptors (Lipinski definition) is 2. The van der Waals surface area contributed by atoms with Crippen LogP contribution in [0, 0.1) is 18.7 Å². The summed E-state index contributed by atoms with van der Waals surface area (Å²) >= 11 is 0. The van der Waals surface area contributed by atoms with Gasteiger partial charge in [-0.3, -0.25) is 9.59 Å². The fourth-order valence-corrected chi connectivity index (χ4v) is 2.32. The first kappa shape index (κ1) is 16.9. The van der Waals surface area contributed by atoms with Crippen molar-refractivity contribution in [3.8, 4) is 0 Å². The Labute approximate surface area is 134 Å². The number of benzene rings is 1. The zero-order valence-electron chi connectivity index (χ0n) is 13.5. The summed E-state index contributed by atoms with van der Waals surface area (Å²) in [5.41, 5.74) is 1.34. The van der Waals surface area contributed by atoms with Gasteiger partial charge in [0.25, 0.3) is 11.5 Å². The molecule has 1 heterocycles. The van der Waals surface area contributed by atoms with E-state index in [9.17, 15) is 14.0 Å². The first-order chi connectivity index (χ1) is 10.9. The number of H-pyrrole nitrogens is 1. The normalized spacial score (nSPS) is 12.2. The molecule has 0 radical (unpaired) electrons. The highest BCUT2D eigenvalue weighted by Crippen LogP contribution is 2.12. The van der Waals surface area contributed by atoms with Crippen molar-refractivity contribution >= 4 is 5.91 Å². The summed E-state index contributed by atoms with van der Waals surface area (Å²) in [6.45, 7) is 5.75. The van der Waals surface area contributed by atoms with Gasteiger partial charge in [-0.15, -0.1) is 0 Å². The van der Waals surface area contributed by atoms with Gasteiger partial charge in [-0.1, -0.05) is 26.0 Å². The summed E-state index contributed by atoms with van der Waals surface area (Å²) in [4.78, 5) is 26.8. The van der Waals surface area contributed by atoms with Gasteiger partial charge in [-0.2, -0.15) is 0 Å². The topological polar surface area (TPSA) is 62.0 Å². The molecule has 0 aliphatic rings. The average Bonchev–Trinajstić information content (AvgIpc) is 2.48. The molecule has 0 spiro atoms. The molecule has 122 valence electrons. The molecule has 1 amide bonds. The van der Waals surface area contributed by atoms with Crippen molar-refractivity contribution in [2.75, 3.05) is 0 Å². The van der Waals surface area contributed by atoms with Crippen molar-refractivity contribution < 1.29 is 9.18 Å². The summed E-state index contributed by atoms with van der Waals surface area (Å²) in [5.74, 6) is -0.509. The van der Waals surface area contributed by atoms with Crippen LogP contribution in [0.1, 0.15) is 35.5 Å². The summed E-state index contributed by atoms with van der Waals surface area (Å²) in [7, 11) is 0. The molecular formula is C18H21FN2O2. The minimum Gasteiger partial charge on any atom is -0.349 e. The van der Waals surface area contributed by atoms with Gasteiger partial charge in [-0.25, -0.2) is 4.39 Å². The monoisotopic (exact) mass is 316 g/mol. The van der Waals surface area contributed by atoms with Crippen LogP contribution in [0.5, 0.6) is 0 Å². The van der Waals surface area contributed by atoms with E-state index in [1.54, 1.807) is 25.1 Å². The molecule has 1 atom stereocenters. The maximum absolute atomic E-state index is 13.0. The van der Waals surface area contributed by atoms with Crippen molar-refractivity contribution in [2.45, 2.75) is 33.2 Å². The molecule has 4 nitrogen and oxygen atoms in total. The quantitative estimate of drug-likeness (QED) is 0.891. The molecule has 1 aromatic carbocycles. The number of carbonyl (C=O) groups excluding carboxylic acids is 1. The standard InChI is InChI=1S/C18H21FN2O2/c1-11(2)16(10-13-5-7-14(19)8-6-13)21-18(23)15-9-4-12(3)20-17(15)22/h4-9,11,16H,10H2,1-3H3,(H,20,22)(H,21,23)/t16-/m0/s1. The Bertz CT molecular complexity index is 735. The SMILES string of the molecule is Cc1ccc(C(=O)N[C@@H](Cc2ccc(F)cc2)C(C)C)c(=O)[nH]1. The number of hydrogen-bond donors (Lipinski definition) is 2. The largest absolute Gasteiger partial charge is 0.349 e. The number of aromatic nitrogens is 1. The lowest BCUT2D eigenvalue weighted by Gasteiger charge is -2.22. The van der Waals surface area contributed by atoms with Crippen LogP contribution in [0.4, 0.5) is 4.39 Å². The maximum atomic E-state index is 13.0. The summed E-state index contributed by atoms with van der Waals surface area (Å²) in [6.07, 6.45) is 0.577. The number of rotatable bonds is 5. The Balaban J connectivity index is 2.14. The number of nitrogens with one attached hydrogen (secondary N) is 2. The number of amides is 1. The van der Waals surface area contributed by atoms with Crippen LogP contribution < -0.4 is 10.9 Å². The van der Waals surface area contributed by atoms with Gasteiger partial charge in [0, 0.05) is 11.7 Å². The smallest absolute Gasteiger partial charge is 0.260 e. The van der Waals surface area contributed by atoms with E-state index < -0.39 is 11.5 Å². The number of pyridine rings is 1. The molecule has 23 heavy (non-hydrogen) atoms. The second-order valence-corrected chi connectivity index (χ2v) is 6.04. The van der Waals surface area contributed by atoms with Crippen LogP contribution in [0.2, 0.25) is 0 Å². The van der Waals surface area contributed by atoms with Gasteiger partial charge in [0.1, 0.15) is 11.4 Å². The van der Waals surface area contributed by atoms with Gasteiger partial charge in [0.15, 0.2) is 0 Å². The zero-order valence-corrected chi connectivity index (χ0v) is 13.5. The number of halogens is 1. The van der Waals surface area contributed by atoms with Gasteiger partial charge in [0.2, 0.25) is 0 Å². The zero-order chi connectivity index (χ0) is 17.0. The number of aryl methyl sites for hydroxylation is 1. The highest BCUT2D eigenvalue weighted by molar-refractivity contribution is 5.94. The van der Waals surface area contributed by atoms with Crippen molar-refractivity contribution in [1.29, 1.82) is 0 Å². The Morgan fingerprint density at radius 2 is 1.83 bits per heavy atom. The van der Waals surface area contributed by atoms with E-state index in [4.69, 9.17) is 0 Å². The predicted octanol–water partition coefficient (Wildman–Crippen LogP) is 2.82. The Kier molecular flexibility index (Phi) is 5.32. The average molecular weight is 316 g/mol. The summed E-state index contributed by atoms with van der Waals surface area (Å²) in [5, 5.41) is 2.90. The molecule has 0 saturated carbocycles. The van der Waals surface area contributed by atoms with Crippen LogP contribution in [0.15, 0.2) is 41.2 Å². The van der Waals surface area contributed by atoms with E-state index in [0.717, 1.165) is 5.56 Å². The molecule has 0 bridgehead atoms. The lowest BCUT2D eigenvalue weighted by atomic mass is 9.96. The van der Waals surface area contributed by atoms with Crippen LogP contribution in [-0.2, 0) is 6.42 Å². The van der Waals surface area contributed by atoms with Gasteiger partial charge < -0.3 is 10.3 Å². The number of aromatic amines is 1. The van der Waals surface area contributed by atoms with Gasteiger partial charge in [-0.05, 0) is 49.1 Å². The fraction of sp³-hybridized carbons (Fsp3) is 0.333. The predicted molar refractivity (Wildman–Crippen MR) is 88.0 cm³/mol. The first-order valence-electron chi connectivity index (χ1n) is 7.62. The van der Waals surface area contributed by atoms with Crippen molar-refractivity contribution in [3.05, 3.63) is 69.4 Å². The van der Waals surface area contributed by atoms with Crippen LogP contribution in [0.25, 0.3) is 0 Å². The third-order valence-electron chi connectivity index (χ3n) is 3.79. The fourth-order valence-electron chi connectivity index (χ4n) is 2.32. The summed E-state index contributed by atoms with van der Waals surface area (Å²) in [6, 6.07) is 9.29. The minimum atomic E-state index is -0.396. The second-order valence-electron chi connectivity index (χ2n) is 6.04. The van der Waals surface area contributed by atoms with Crippen LogP contribution in [0.3, 0.4) is 0 Å². The number of carbonyl (C=O) groups is 1. The molecule has 0 fully saturated rings. The minimum absolute atomic E-state index is 0.0976. The summed E-state index contributed by atoms with van der Waals surface area (Å²) < 4.78 is 13.0. The molecule has 2 rings (SSSR count). The lowest BCUT2D eigenvalue weighted by Crippen LogP contribution is -2.42. The third kappa shape index (κ3) is 4.52. The van der Waals surface area contributed by atoms with Gasteiger partial charge in [0.05, 0.1) is 0 Å². The highest BCUT2D eigenvalue weighted by Gasteiger charge is 2.19. The highest BCUT2D eigenvalue weighted by atomic mass is 19.1. The van der Waals surface area contributed by atoms with E-state index >= 15 is 0 Å². The van der Waals surface area contributed by atoms with Crippen molar-refractivity contribution in [2.24, 2.45) is 5.92 Å². The van der Waals surface area contributed by atoms with E-state index in [0.29, 0.717) is 12.1 Å². The molecule has 1 aromatic heterocycles. The van der Waals surface area contributed by atoms with E-state index in [2.05, 4.69) is 10.3 Å². The van der Waals surface area contributed by atoms with Gasteiger partial charge >= 0.3 is 0 Å². The Morgan fingerprint density at radius 1 is 1.17 bits per heavy atom. The molecule has 2 N–H and O–H groups in total. The van der Waals surface area contributed by atoms with E-state index in [1.807, 2.05) is 13.8 Å². The molecule has 5 heteroatoms. The van der Waals surface area contributed by atoms with E-state index in [1.165, 1.54) is 18.2 Å². The van der Waals surface area contributed by atoms with E-state index in [-0.39, 0.29) is 23.3 Å². The molecule has 2 aromatic rings. The molecule has 0 aliphatic heterocycles. The maximum Gasteiger partial charge on any atom is 0.260 e. The van der Waals surface area contributed by atoms with Crippen LogP contribution >= 0.6 is 0 Å². The molecular weight excluding hydrogens is 295 g/mol. The molecule has 0 unspecified atom stereocenters. The van der Waals surface area contributed by atoms with Crippen molar-refractivity contribution in [3.63, 3.8) is 0 Å². The second kappa shape index (κ2) is 7.22. The van der Waals surface area contributed by atoms with Crippen LogP contribution in [-0.4, -0.2) is 16.9 Å². The lowest BCUT2D eigenvalue weighted by molar-refractivity contribution is 0.0924. The third-order valence-corrected chi connectivity index (χ3v) is 3.79. The molecule has 0 saturated heterocycles. The van der Waals surface area contributed by atoms with Crippen molar-refractivity contribution in [1.82, 2.24) is 10.3 Å². The Hall–Kier alpha value is -2.43.